The molecule has 0 aromatic heterocycles. The van der Waals surface area contributed by atoms with Crippen molar-refractivity contribution >= 4 is 16.5 Å². The monoisotopic (exact) mass is 153 g/mol. The third-order valence-electron chi connectivity index (χ3n) is 1.91. The van der Waals surface area contributed by atoms with Gasteiger partial charge in [-0.25, -0.2) is 4.58 Å². The van der Waals surface area contributed by atoms with Gasteiger partial charge in [-0.1, -0.05) is 6.04 Å². The van der Waals surface area contributed by atoms with Crippen LogP contribution in [0.4, 0.5) is 0 Å². The van der Waals surface area contributed by atoms with Gasteiger partial charge < -0.3 is 0 Å². The Balaban J connectivity index is 2.18. The molecule has 0 bridgehead atoms. The number of hydrogen-bond donors (Lipinski definition) is 0. The van der Waals surface area contributed by atoms with Gasteiger partial charge in [-0.2, -0.15) is 0 Å². The molecule has 1 rings (SSSR count). The van der Waals surface area contributed by atoms with Gasteiger partial charge >= 0.3 is 0 Å². The van der Waals surface area contributed by atoms with Crippen molar-refractivity contribution in [2.75, 3.05) is 13.1 Å². The molecule has 0 unspecified atom stereocenters. The molecule has 0 spiro atoms. The van der Waals surface area contributed by atoms with Gasteiger partial charge in [0.15, 0.2) is 0 Å². The van der Waals surface area contributed by atoms with Gasteiger partial charge in [-0.05, 0) is 6.42 Å². The van der Waals surface area contributed by atoms with Gasteiger partial charge in [0.1, 0.15) is 19.3 Å². The van der Waals surface area contributed by atoms with Gasteiger partial charge in [0.2, 0.25) is 0 Å². The molecule has 1 nitrogen and oxygen atoms in total. The zero-order valence-electron chi connectivity index (χ0n) is 6.47. The van der Waals surface area contributed by atoms with Crippen molar-refractivity contribution in [3.63, 3.8) is 0 Å². The second-order valence-corrected chi connectivity index (χ2v) is 3.32. The predicted molar refractivity (Wildman–Crippen MR) is 45.1 cm³/mol. The van der Waals surface area contributed by atoms with E-state index in [4.69, 9.17) is 0 Å². The van der Waals surface area contributed by atoms with Crippen LogP contribution in [0.15, 0.2) is 0 Å². The molecule has 0 aromatic rings. The van der Waals surface area contributed by atoms with Crippen LogP contribution < -0.4 is 0 Å². The van der Waals surface area contributed by atoms with E-state index >= 15 is 0 Å². The van der Waals surface area contributed by atoms with Crippen LogP contribution in [0.5, 0.6) is 0 Å². The molecular weight excluding hydrogens is 138 g/mol. The van der Waals surface area contributed by atoms with Gasteiger partial charge in [0.25, 0.3) is 0 Å². The molecule has 10 heavy (non-hydrogen) atoms. The summed E-state index contributed by atoms with van der Waals surface area (Å²) in [6.07, 6.45) is 7.70. The Hall–Kier alpha value is -0.113. The van der Waals surface area contributed by atoms with Crippen LogP contribution in [0.3, 0.4) is 0 Å². The molecule has 0 atom stereocenters. The first-order chi connectivity index (χ1) is 4.93. The number of rotatable bonds is 3. The molecule has 1 aliphatic rings. The molecule has 1 heterocycles. The van der Waals surface area contributed by atoms with Crippen LogP contribution in [0.2, 0.25) is 6.04 Å². The topological polar surface area (TPSA) is 3.01 Å². The highest BCUT2D eigenvalue weighted by Gasteiger charge is 2.07. The summed E-state index contributed by atoms with van der Waals surface area (Å²) in [6.45, 7) is 2.52. The largest absolute Gasteiger partial charge is 0.240 e. The van der Waals surface area contributed by atoms with E-state index in [1.807, 2.05) is 0 Å². The molecule has 0 aliphatic carbocycles. The SMILES string of the molecule is [Si]CCC[N+]1=CCCCC1. The van der Waals surface area contributed by atoms with E-state index in [0.29, 0.717) is 0 Å². The van der Waals surface area contributed by atoms with E-state index in [-0.39, 0.29) is 0 Å². The Kier molecular flexibility index (Phi) is 3.73. The normalized spacial score (nSPS) is 18.7. The first kappa shape index (κ1) is 7.99. The standard InChI is InChI=1S/C8H15NSi/c10-8-4-7-9-5-2-1-3-6-9/h5H,1-4,6-8H2/q+1. The Morgan fingerprint density at radius 2 is 2.30 bits per heavy atom. The van der Waals surface area contributed by atoms with Gasteiger partial charge in [-0.3, -0.25) is 0 Å². The molecule has 0 aromatic carbocycles. The maximum atomic E-state index is 3.48. The summed E-state index contributed by atoms with van der Waals surface area (Å²) < 4.78 is 2.45. The van der Waals surface area contributed by atoms with Crippen molar-refractivity contribution in [1.82, 2.24) is 0 Å². The van der Waals surface area contributed by atoms with Crippen molar-refractivity contribution in [2.45, 2.75) is 31.7 Å². The molecule has 0 amide bonds. The molecular formula is C8H15NSi+. The van der Waals surface area contributed by atoms with Crippen LogP contribution in [-0.4, -0.2) is 34.1 Å². The molecule has 0 saturated carbocycles. The van der Waals surface area contributed by atoms with Crippen LogP contribution in [0.25, 0.3) is 0 Å². The predicted octanol–water partition coefficient (Wildman–Crippen LogP) is 1.23. The Bertz CT molecular complexity index is 120. The van der Waals surface area contributed by atoms with Crippen molar-refractivity contribution in [2.24, 2.45) is 0 Å². The minimum absolute atomic E-state index is 1.13. The minimum atomic E-state index is 1.13. The summed E-state index contributed by atoms with van der Waals surface area (Å²) in [6, 6.07) is 1.13. The Morgan fingerprint density at radius 1 is 1.40 bits per heavy atom. The van der Waals surface area contributed by atoms with E-state index in [0.717, 1.165) is 6.04 Å². The third kappa shape index (κ3) is 2.65. The van der Waals surface area contributed by atoms with Crippen LogP contribution in [0, 0.1) is 0 Å². The van der Waals surface area contributed by atoms with Crippen molar-refractivity contribution < 1.29 is 4.58 Å². The summed E-state index contributed by atoms with van der Waals surface area (Å²) in [5, 5.41) is 0. The van der Waals surface area contributed by atoms with Crippen LogP contribution >= 0.6 is 0 Å². The van der Waals surface area contributed by atoms with E-state index < -0.39 is 0 Å². The summed E-state index contributed by atoms with van der Waals surface area (Å²) >= 11 is 0. The van der Waals surface area contributed by atoms with E-state index in [2.05, 4.69) is 21.0 Å². The summed E-state index contributed by atoms with van der Waals surface area (Å²) in [5.41, 5.74) is 0. The van der Waals surface area contributed by atoms with Crippen LogP contribution in [-0.2, 0) is 0 Å². The van der Waals surface area contributed by atoms with Crippen molar-refractivity contribution in [3.05, 3.63) is 0 Å². The smallest absolute Gasteiger partial charge is 0.142 e. The molecule has 0 fully saturated rings. The summed E-state index contributed by atoms with van der Waals surface area (Å²) in [5.74, 6) is 0. The number of hydrogen-bond acceptors (Lipinski definition) is 0. The Morgan fingerprint density at radius 3 is 2.90 bits per heavy atom. The van der Waals surface area contributed by atoms with E-state index in [1.165, 1.54) is 38.8 Å². The maximum absolute atomic E-state index is 3.48. The lowest BCUT2D eigenvalue weighted by atomic mass is 10.2. The summed E-state index contributed by atoms with van der Waals surface area (Å²) in [7, 11) is 3.48. The lowest BCUT2D eigenvalue weighted by Crippen LogP contribution is -2.19. The minimum Gasteiger partial charge on any atom is -0.240 e. The van der Waals surface area contributed by atoms with E-state index in [9.17, 15) is 0 Å². The van der Waals surface area contributed by atoms with Gasteiger partial charge in [-0.15, -0.1) is 0 Å². The first-order valence-electron chi connectivity index (χ1n) is 4.15. The molecule has 2 heteroatoms. The van der Waals surface area contributed by atoms with Crippen LogP contribution in [0.1, 0.15) is 25.7 Å². The maximum Gasteiger partial charge on any atom is 0.142 e. The third-order valence-corrected chi connectivity index (χ3v) is 2.26. The fraction of sp³-hybridized carbons (Fsp3) is 0.875. The average molecular weight is 153 g/mol. The van der Waals surface area contributed by atoms with Crippen molar-refractivity contribution in [3.8, 4) is 0 Å². The highest BCUT2D eigenvalue weighted by Crippen LogP contribution is 2.00. The highest BCUT2D eigenvalue weighted by molar-refractivity contribution is 6.08. The molecule has 1 aliphatic heterocycles. The fourth-order valence-electron chi connectivity index (χ4n) is 1.31. The summed E-state index contributed by atoms with van der Waals surface area (Å²) in [4.78, 5) is 0. The lowest BCUT2D eigenvalue weighted by Gasteiger charge is -2.06. The second kappa shape index (κ2) is 4.66. The fourth-order valence-corrected chi connectivity index (χ4v) is 1.47. The molecule has 0 saturated heterocycles. The average Bonchev–Trinajstić information content (AvgIpc) is 2.03. The lowest BCUT2D eigenvalue weighted by molar-refractivity contribution is -0.528. The van der Waals surface area contributed by atoms with Gasteiger partial charge in [0.05, 0.1) is 0 Å². The Labute approximate surface area is 66.6 Å². The highest BCUT2D eigenvalue weighted by atomic mass is 28.1. The number of nitrogens with zero attached hydrogens (tertiary/aromatic N) is 1. The molecule has 55 valence electrons. The van der Waals surface area contributed by atoms with Gasteiger partial charge in [0, 0.05) is 29.5 Å². The zero-order chi connectivity index (χ0) is 7.23. The second-order valence-electron chi connectivity index (χ2n) is 2.82. The molecule has 0 N–H and O–H groups in total. The van der Waals surface area contributed by atoms with E-state index in [1.54, 1.807) is 0 Å². The zero-order valence-corrected chi connectivity index (χ0v) is 7.47. The molecule has 3 radical (unpaired) electrons. The first-order valence-corrected chi connectivity index (χ1v) is 4.86. The van der Waals surface area contributed by atoms with Crippen molar-refractivity contribution in [1.29, 1.82) is 0 Å². The quantitative estimate of drug-likeness (QED) is 0.424.